The average Bonchev–Trinajstić information content (AvgIpc) is 2.18. The van der Waals surface area contributed by atoms with Gasteiger partial charge in [0.2, 0.25) is 0 Å². The summed E-state index contributed by atoms with van der Waals surface area (Å²) in [6.07, 6.45) is -1.97. The van der Waals surface area contributed by atoms with Crippen molar-refractivity contribution in [1.82, 2.24) is 4.98 Å². The predicted octanol–water partition coefficient (Wildman–Crippen LogP) is 1.87. The van der Waals surface area contributed by atoms with E-state index in [1.165, 1.54) is 6.20 Å². The molecule has 3 N–H and O–H groups in total. The molecule has 0 aromatic carbocycles. The van der Waals surface area contributed by atoms with Gasteiger partial charge >= 0.3 is 5.97 Å². The number of aromatic nitrogens is 1. The van der Waals surface area contributed by atoms with E-state index in [1.54, 1.807) is 0 Å². The summed E-state index contributed by atoms with van der Waals surface area (Å²) >= 11 is 2.94. The summed E-state index contributed by atoms with van der Waals surface area (Å²) in [4.78, 5) is 14.3. The van der Waals surface area contributed by atoms with Crippen molar-refractivity contribution >= 4 is 21.9 Å². The highest BCUT2D eigenvalue weighted by molar-refractivity contribution is 9.10. The summed E-state index contributed by atoms with van der Waals surface area (Å²) in [6, 6.07) is 0. The Morgan fingerprint density at radius 3 is 2.69 bits per heavy atom. The van der Waals surface area contributed by atoms with E-state index in [9.17, 15) is 13.6 Å². The number of carboxylic acid groups (broad SMARTS) is 1. The van der Waals surface area contributed by atoms with Crippen molar-refractivity contribution in [2.45, 2.75) is 19.4 Å². The quantitative estimate of drug-likeness (QED) is 0.889. The van der Waals surface area contributed by atoms with Gasteiger partial charge < -0.3 is 10.8 Å². The van der Waals surface area contributed by atoms with E-state index in [-0.39, 0.29) is 27.8 Å². The topological polar surface area (TPSA) is 76.2 Å². The van der Waals surface area contributed by atoms with Gasteiger partial charge in [-0.1, -0.05) is 0 Å². The molecular formula is C9H9BrF2N2O2. The van der Waals surface area contributed by atoms with E-state index in [0.29, 0.717) is 0 Å². The van der Waals surface area contributed by atoms with Crippen molar-refractivity contribution in [3.8, 4) is 0 Å². The molecule has 0 spiro atoms. The van der Waals surface area contributed by atoms with Gasteiger partial charge in [0.25, 0.3) is 6.43 Å². The largest absolute Gasteiger partial charge is 0.481 e. The lowest BCUT2D eigenvalue weighted by molar-refractivity contribution is -0.136. The molecule has 0 radical (unpaired) electrons. The summed E-state index contributed by atoms with van der Waals surface area (Å²) in [7, 11) is 0. The van der Waals surface area contributed by atoms with Crippen LogP contribution in [0.3, 0.4) is 0 Å². The third-order valence-electron chi connectivity index (χ3n) is 2.01. The molecule has 16 heavy (non-hydrogen) atoms. The number of halogens is 3. The molecule has 0 saturated carbocycles. The second-order valence-electron chi connectivity index (χ2n) is 3.02. The third kappa shape index (κ3) is 2.73. The van der Waals surface area contributed by atoms with Crippen LogP contribution in [0.4, 0.5) is 8.78 Å². The second kappa shape index (κ2) is 5.31. The number of hydrogen-bond donors (Lipinski definition) is 2. The molecule has 0 atom stereocenters. The Kier molecular flexibility index (Phi) is 4.31. The minimum Gasteiger partial charge on any atom is -0.481 e. The molecule has 1 heterocycles. The molecule has 0 aliphatic heterocycles. The van der Waals surface area contributed by atoms with Crippen molar-refractivity contribution in [3.63, 3.8) is 0 Å². The van der Waals surface area contributed by atoms with E-state index in [4.69, 9.17) is 10.8 Å². The monoisotopic (exact) mass is 294 g/mol. The van der Waals surface area contributed by atoms with Gasteiger partial charge in [-0.25, -0.2) is 8.78 Å². The number of carbonyl (C=O) groups is 1. The van der Waals surface area contributed by atoms with Crippen molar-refractivity contribution in [2.75, 3.05) is 0 Å². The van der Waals surface area contributed by atoms with Crippen LogP contribution in [0.2, 0.25) is 0 Å². The van der Waals surface area contributed by atoms with Crippen LogP contribution in [0, 0.1) is 0 Å². The van der Waals surface area contributed by atoms with Crippen molar-refractivity contribution < 1.29 is 18.7 Å². The first-order valence-electron chi connectivity index (χ1n) is 4.33. The Labute approximate surface area is 98.6 Å². The van der Waals surface area contributed by atoms with Gasteiger partial charge in [0.1, 0.15) is 0 Å². The molecule has 0 unspecified atom stereocenters. The summed E-state index contributed by atoms with van der Waals surface area (Å²) in [5, 5.41) is 8.61. The smallest absolute Gasteiger partial charge is 0.309 e. The molecule has 0 aliphatic rings. The molecule has 1 aromatic rings. The van der Waals surface area contributed by atoms with Gasteiger partial charge in [-0.05, 0) is 21.5 Å². The lowest BCUT2D eigenvalue weighted by Crippen LogP contribution is -2.12. The maximum Gasteiger partial charge on any atom is 0.309 e. The summed E-state index contributed by atoms with van der Waals surface area (Å²) in [5.41, 5.74) is 5.23. The summed E-state index contributed by atoms with van der Waals surface area (Å²) in [6.45, 7) is -0.172. The summed E-state index contributed by atoms with van der Waals surface area (Å²) < 4.78 is 25.6. The molecule has 0 amide bonds. The number of nitrogens with zero attached hydrogens (tertiary/aromatic N) is 1. The lowest BCUT2D eigenvalue weighted by Gasteiger charge is -2.12. The minimum atomic E-state index is -2.72. The maximum atomic E-state index is 12.7. The molecule has 0 bridgehead atoms. The highest BCUT2D eigenvalue weighted by Crippen LogP contribution is 2.31. The Balaban J connectivity index is 3.30. The molecule has 0 aliphatic carbocycles. The van der Waals surface area contributed by atoms with Crippen LogP contribution in [-0.2, 0) is 17.8 Å². The van der Waals surface area contributed by atoms with Crippen molar-refractivity contribution in [1.29, 1.82) is 0 Å². The molecule has 0 saturated heterocycles. The molecule has 1 rings (SSSR count). The zero-order chi connectivity index (χ0) is 12.3. The second-order valence-corrected chi connectivity index (χ2v) is 3.87. The number of nitrogens with two attached hydrogens (primary N) is 1. The lowest BCUT2D eigenvalue weighted by atomic mass is 10.0. The SMILES string of the molecule is NCc1c(CC(=O)O)ncc(Br)c1C(F)F. The average molecular weight is 295 g/mol. The fourth-order valence-corrected chi connectivity index (χ4v) is 1.86. The standard InChI is InChI=1S/C9H9BrF2N2O2/c10-5-3-14-6(1-7(15)16)4(2-13)8(5)9(11)12/h3,9H,1-2,13H2,(H,15,16). The minimum absolute atomic E-state index is 0.0773. The van der Waals surface area contributed by atoms with E-state index in [2.05, 4.69) is 20.9 Å². The maximum absolute atomic E-state index is 12.7. The van der Waals surface area contributed by atoms with Gasteiger partial charge in [0.05, 0.1) is 12.1 Å². The van der Waals surface area contributed by atoms with Crippen LogP contribution in [0.1, 0.15) is 23.2 Å². The van der Waals surface area contributed by atoms with Crippen molar-refractivity contribution in [2.24, 2.45) is 5.73 Å². The van der Waals surface area contributed by atoms with Gasteiger partial charge in [0.15, 0.2) is 0 Å². The fraction of sp³-hybridized carbons (Fsp3) is 0.333. The first-order chi connectivity index (χ1) is 7.47. The first-order valence-corrected chi connectivity index (χ1v) is 5.12. The van der Waals surface area contributed by atoms with Crippen LogP contribution in [0.15, 0.2) is 10.7 Å². The Morgan fingerprint density at radius 2 is 2.25 bits per heavy atom. The Hall–Kier alpha value is -1.08. The number of alkyl halides is 2. The highest BCUT2D eigenvalue weighted by Gasteiger charge is 2.20. The van der Waals surface area contributed by atoms with E-state index >= 15 is 0 Å². The predicted molar refractivity (Wildman–Crippen MR) is 56.1 cm³/mol. The number of hydrogen-bond acceptors (Lipinski definition) is 3. The molecule has 7 heteroatoms. The van der Waals surface area contributed by atoms with Gasteiger partial charge in [-0.15, -0.1) is 0 Å². The van der Waals surface area contributed by atoms with Crippen LogP contribution in [-0.4, -0.2) is 16.1 Å². The van der Waals surface area contributed by atoms with Crippen LogP contribution >= 0.6 is 15.9 Å². The fourth-order valence-electron chi connectivity index (χ4n) is 1.34. The Bertz CT molecular complexity index is 413. The number of aliphatic carboxylic acids is 1. The number of carboxylic acids is 1. The van der Waals surface area contributed by atoms with E-state index < -0.39 is 18.8 Å². The molecule has 4 nitrogen and oxygen atoms in total. The molecule has 88 valence electrons. The van der Waals surface area contributed by atoms with Gasteiger partial charge in [-0.3, -0.25) is 9.78 Å². The first kappa shape index (κ1) is 13.0. The van der Waals surface area contributed by atoms with Crippen LogP contribution in [0.25, 0.3) is 0 Å². The number of pyridine rings is 1. The van der Waals surface area contributed by atoms with Gasteiger partial charge in [0, 0.05) is 22.8 Å². The highest BCUT2D eigenvalue weighted by atomic mass is 79.9. The van der Waals surface area contributed by atoms with Gasteiger partial charge in [-0.2, -0.15) is 0 Å². The molecule has 1 aromatic heterocycles. The van der Waals surface area contributed by atoms with E-state index in [1.807, 2.05) is 0 Å². The van der Waals surface area contributed by atoms with Crippen molar-refractivity contribution in [3.05, 3.63) is 27.5 Å². The Morgan fingerprint density at radius 1 is 1.62 bits per heavy atom. The van der Waals surface area contributed by atoms with E-state index in [0.717, 1.165) is 0 Å². The van der Waals surface area contributed by atoms with Crippen LogP contribution < -0.4 is 5.73 Å². The van der Waals surface area contributed by atoms with Crippen LogP contribution in [0.5, 0.6) is 0 Å². The molecule has 0 fully saturated rings. The third-order valence-corrected chi connectivity index (χ3v) is 2.64. The zero-order valence-electron chi connectivity index (χ0n) is 8.08. The number of rotatable bonds is 4. The summed E-state index contributed by atoms with van der Waals surface area (Å²) in [5.74, 6) is -1.13. The normalized spacial score (nSPS) is 10.8. The molecular weight excluding hydrogens is 286 g/mol. The zero-order valence-corrected chi connectivity index (χ0v) is 9.67.